The topological polar surface area (TPSA) is 64.2 Å². The molecular formula is C12H17IN2O3. The predicted molar refractivity (Wildman–Crippen MR) is 75.4 cm³/mol. The number of halogens is 1. The smallest absolute Gasteiger partial charge is 0.264 e. The quantitative estimate of drug-likeness (QED) is 0.833. The molecule has 0 amide bonds. The van der Waals surface area contributed by atoms with E-state index in [-0.39, 0.29) is 5.56 Å². The Bertz CT molecular complexity index is 481. The average molecular weight is 364 g/mol. The number of aromatic nitrogens is 2. The number of hydrogen-bond acceptors (Lipinski definition) is 4. The number of H-pyrrole nitrogens is 1. The Balaban J connectivity index is 2.41. The van der Waals surface area contributed by atoms with E-state index >= 15 is 0 Å². The number of hydrogen-bond donors (Lipinski definition) is 1. The van der Waals surface area contributed by atoms with Crippen molar-refractivity contribution in [2.45, 2.75) is 38.4 Å². The maximum atomic E-state index is 11.9. The molecule has 2 rings (SSSR count). The van der Waals surface area contributed by atoms with Crippen LogP contribution in [0.4, 0.5) is 0 Å². The summed E-state index contributed by atoms with van der Waals surface area (Å²) in [5.41, 5.74) is 0.0693. The monoisotopic (exact) mass is 364 g/mol. The highest BCUT2D eigenvalue weighted by Crippen LogP contribution is 2.32. The van der Waals surface area contributed by atoms with Gasteiger partial charge in [-0.25, -0.2) is 4.98 Å². The summed E-state index contributed by atoms with van der Waals surface area (Å²) in [7, 11) is 1.59. The number of nitrogens with one attached hydrogen (secondary N) is 1. The van der Waals surface area contributed by atoms with E-state index in [1.54, 1.807) is 7.11 Å². The van der Waals surface area contributed by atoms with Crippen LogP contribution in [-0.2, 0) is 21.7 Å². The molecule has 0 spiro atoms. The van der Waals surface area contributed by atoms with Gasteiger partial charge in [0.1, 0.15) is 15.0 Å². The van der Waals surface area contributed by atoms with Gasteiger partial charge in [0.2, 0.25) is 0 Å². The molecular weight excluding hydrogens is 347 g/mol. The van der Waals surface area contributed by atoms with Crippen LogP contribution in [0.3, 0.4) is 0 Å². The van der Waals surface area contributed by atoms with Crippen LogP contribution in [0.1, 0.15) is 37.7 Å². The third kappa shape index (κ3) is 2.75. The summed E-state index contributed by atoms with van der Waals surface area (Å²) in [5.74, 6) is 0.611. The minimum Gasteiger partial charge on any atom is -0.378 e. The second kappa shape index (κ2) is 5.66. The van der Waals surface area contributed by atoms with Gasteiger partial charge in [-0.2, -0.15) is 0 Å². The minimum atomic E-state index is -0.482. The van der Waals surface area contributed by atoms with Crippen LogP contribution in [-0.4, -0.2) is 23.7 Å². The Morgan fingerprint density at radius 2 is 2.33 bits per heavy atom. The van der Waals surface area contributed by atoms with Crippen LogP contribution >= 0.6 is 22.6 Å². The van der Waals surface area contributed by atoms with Crippen LogP contribution in [0.15, 0.2) is 4.79 Å². The van der Waals surface area contributed by atoms with E-state index in [0.29, 0.717) is 28.3 Å². The summed E-state index contributed by atoms with van der Waals surface area (Å²) in [6.45, 7) is 3.03. The molecule has 1 aliphatic heterocycles. The zero-order valence-electron chi connectivity index (χ0n) is 10.6. The fourth-order valence-electron chi connectivity index (χ4n) is 2.11. The van der Waals surface area contributed by atoms with Gasteiger partial charge < -0.3 is 14.5 Å². The molecule has 1 fully saturated rings. The second-order valence-corrected chi connectivity index (χ2v) is 5.72. The van der Waals surface area contributed by atoms with E-state index in [0.717, 1.165) is 19.3 Å². The van der Waals surface area contributed by atoms with Crippen molar-refractivity contribution in [3.8, 4) is 0 Å². The fourth-order valence-corrected chi connectivity index (χ4v) is 2.52. The number of ether oxygens (including phenoxy) is 2. The molecule has 0 aliphatic carbocycles. The van der Waals surface area contributed by atoms with Crippen LogP contribution in [0.2, 0.25) is 0 Å². The number of aromatic amines is 1. The van der Waals surface area contributed by atoms with Crippen LogP contribution < -0.4 is 5.56 Å². The highest BCUT2D eigenvalue weighted by atomic mass is 127. The molecule has 1 aromatic rings. The third-order valence-electron chi connectivity index (χ3n) is 3.18. The molecule has 2 heterocycles. The normalized spacial score (nSPS) is 24.2. The predicted octanol–water partition coefficient (Wildman–Crippen LogP) is 1.94. The van der Waals surface area contributed by atoms with E-state index < -0.39 is 5.60 Å². The van der Waals surface area contributed by atoms with Crippen molar-refractivity contribution in [2.24, 2.45) is 0 Å². The average Bonchev–Trinajstić information content (AvgIpc) is 2.36. The number of methoxy groups -OCH3 is 1. The molecule has 18 heavy (non-hydrogen) atoms. The van der Waals surface area contributed by atoms with Gasteiger partial charge in [-0.3, -0.25) is 4.79 Å². The largest absolute Gasteiger partial charge is 0.378 e. The summed E-state index contributed by atoms with van der Waals surface area (Å²) in [6.07, 6.45) is 3.03. The first-order valence-corrected chi connectivity index (χ1v) is 7.07. The lowest BCUT2D eigenvalue weighted by molar-refractivity contribution is -0.0764. The van der Waals surface area contributed by atoms with Crippen molar-refractivity contribution >= 4 is 22.6 Å². The van der Waals surface area contributed by atoms with Gasteiger partial charge in [0.25, 0.3) is 5.56 Å². The van der Waals surface area contributed by atoms with Crippen molar-refractivity contribution < 1.29 is 9.47 Å². The summed E-state index contributed by atoms with van der Waals surface area (Å²) < 4.78 is 11.5. The van der Waals surface area contributed by atoms with E-state index in [1.807, 2.05) is 29.5 Å². The first-order chi connectivity index (χ1) is 8.57. The Morgan fingerprint density at radius 3 is 2.94 bits per heavy atom. The highest BCUT2D eigenvalue weighted by Gasteiger charge is 2.33. The third-order valence-corrected chi connectivity index (χ3v) is 4.29. The fraction of sp³-hybridized carbons (Fsp3) is 0.667. The molecule has 1 atom stereocenters. The van der Waals surface area contributed by atoms with Gasteiger partial charge in [0, 0.05) is 13.7 Å². The standard InChI is InChI=1S/C12H17IN2O3/c1-12(5-3-4-6-18-12)11-14-8(7-17-2)9(13)10(16)15-11/h3-7H2,1-2H3,(H,14,15,16). The molecule has 0 saturated carbocycles. The van der Waals surface area contributed by atoms with Crippen LogP contribution in [0.5, 0.6) is 0 Å². The number of rotatable bonds is 3. The molecule has 1 unspecified atom stereocenters. The molecule has 100 valence electrons. The van der Waals surface area contributed by atoms with Gasteiger partial charge in [0.05, 0.1) is 12.3 Å². The van der Waals surface area contributed by atoms with E-state index in [9.17, 15) is 4.79 Å². The summed E-state index contributed by atoms with van der Waals surface area (Å²) in [5, 5.41) is 0. The summed E-state index contributed by atoms with van der Waals surface area (Å²) in [4.78, 5) is 19.2. The minimum absolute atomic E-state index is 0.122. The molecule has 6 heteroatoms. The van der Waals surface area contributed by atoms with Crippen molar-refractivity contribution in [1.82, 2.24) is 9.97 Å². The van der Waals surface area contributed by atoms with Crippen LogP contribution in [0.25, 0.3) is 0 Å². The Labute approximate surface area is 119 Å². The zero-order valence-corrected chi connectivity index (χ0v) is 12.7. The molecule has 0 bridgehead atoms. The lowest BCUT2D eigenvalue weighted by atomic mass is 9.95. The highest BCUT2D eigenvalue weighted by molar-refractivity contribution is 14.1. The van der Waals surface area contributed by atoms with Gasteiger partial charge >= 0.3 is 0 Å². The van der Waals surface area contributed by atoms with Crippen LogP contribution in [0, 0.1) is 3.57 Å². The molecule has 0 radical (unpaired) electrons. The molecule has 1 aromatic heterocycles. The van der Waals surface area contributed by atoms with E-state index in [4.69, 9.17) is 9.47 Å². The Hall–Kier alpha value is -0.470. The maximum Gasteiger partial charge on any atom is 0.264 e. The maximum absolute atomic E-state index is 11.9. The molecule has 1 aliphatic rings. The molecule has 5 nitrogen and oxygen atoms in total. The van der Waals surface area contributed by atoms with E-state index in [2.05, 4.69) is 9.97 Å². The SMILES string of the molecule is COCc1nc(C2(C)CCCCO2)[nH]c(=O)c1I. The summed E-state index contributed by atoms with van der Waals surface area (Å²) >= 11 is 1.99. The van der Waals surface area contributed by atoms with Gasteiger partial charge in [-0.1, -0.05) is 0 Å². The van der Waals surface area contributed by atoms with E-state index in [1.165, 1.54) is 0 Å². The van der Waals surface area contributed by atoms with Crippen molar-refractivity contribution in [3.63, 3.8) is 0 Å². The molecule has 1 N–H and O–H groups in total. The van der Waals surface area contributed by atoms with Gasteiger partial charge in [-0.15, -0.1) is 0 Å². The molecule has 1 saturated heterocycles. The lowest BCUT2D eigenvalue weighted by Crippen LogP contribution is -2.35. The first kappa shape index (κ1) is 14.0. The Kier molecular flexibility index (Phi) is 4.39. The lowest BCUT2D eigenvalue weighted by Gasteiger charge is -2.32. The summed E-state index contributed by atoms with van der Waals surface area (Å²) in [6, 6.07) is 0. The first-order valence-electron chi connectivity index (χ1n) is 5.99. The van der Waals surface area contributed by atoms with Crippen molar-refractivity contribution in [3.05, 3.63) is 25.4 Å². The van der Waals surface area contributed by atoms with Crippen molar-refractivity contribution in [1.29, 1.82) is 0 Å². The molecule has 0 aromatic carbocycles. The van der Waals surface area contributed by atoms with Gasteiger partial charge in [-0.05, 0) is 48.8 Å². The van der Waals surface area contributed by atoms with Gasteiger partial charge in [0.15, 0.2) is 0 Å². The second-order valence-electron chi connectivity index (χ2n) is 4.64. The van der Waals surface area contributed by atoms with Crippen molar-refractivity contribution in [2.75, 3.05) is 13.7 Å². The zero-order chi connectivity index (χ0) is 13.2. The number of nitrogens with zero attached hydrogens (tertiary/aromatic N) is 1. The Morgan fingerprint density at radius 1 is 1.56 bits per heavy atom.